The Morgan fingerprint density at radius 1 is 1.14 bits per heavy atom. The van der Waals surface area contributed by atoms with Gasteiger partial charge in [0, 0.05) is 25.2 Å². The molecule has 8 nitrogen and oxygen atoms in total. The van der Waals surface area contributed by atoms with Gasteiger partial charge >= 0.3 is 0 Å². The minimum Gasteiger partial charge on any atom is -0.338 e. The molecule has 9 heteroatoms. The second-order valence-electron chi connectivity index (χ2n) is 6.29. The molecule has 0 aliphatic carbocycles. The van der Waals surface area contributed by atoms with Crippen LogP contribution in [-0.4, -0.2) is 35.8 Å². The summed E-state index contributed by atoms with van der Waals surface area (Å²) in [7, 11) is -2.31. The van der Waals surface area contributed by atoms with Crippen LogP contribution in [0.3, 0.4) is 0 Å². The molecule has 0 saturated carbocycles. The number of sulfonamides is 1. The van der Waals surface area contributed by atoms with Crippen LogP contribution >= 0.6 is 0 Å². The van der Waals surface area contributed by atoms with Crippen LogP contribution < -0.4 is 5.32 Å². The van der Waals surface area contributed by atoms with E-state index < -0.39 is 10.0 Å². The number of aromatic nitrogens is 2. The van der Waals surface area contributed by atoms with Crippen molar-refractivity contribution < 1.29 is 17.7 Å². The first-order valence-corrected chi connectivity index (χ1v) is 9.94. The van der Waals surface area contributed by atoms with Crippen LogP contribution in [0, 0.1) is 6.92 Å². The molecule has 1 amide bonds. The summed E-state index contributed by atoms with van der Waals surface area (Å²) >= 11 is 0. The number of nitrogens with one attached hydrogen (secondary N) is 1. The van der Waals surface area contributed by atoms with Crippen molar-refractivity contribution in [3.8, 4) is 11.4 Å². The van der Waals surface area contributed by atoms with E-state index in [9.17, 15) is 13.2 Å². The third-order valence-corrected chi connectivity index (χ3v) is 5.91. The predicted octanol–water partition coefficient (Wildman–Crippen LogP) is 2.82. The van der Waals surface area contributed by atoms with Crippen LogP contribution in [0.2, 0.25) is 0 Å². The number of benzene rings is 2. The molecule has 146 valence electrons. The van der Waals surface area contributed by atoms with Gasteiger partial charge in [0.25, 0.3) is 0 Å². The van der Waals surface area contributed by atoms with Gasteiger partial charge in [0.05, 0.1) is 11.4 Å². The molecule has 3 aromatic rings. The number of amides is 1. The highest BCUT2D eigenvalue weighted by atomic mass is 32.2. The summed E-state index contributed by atoms with van der Waals surface area (Å²) in [6.45, 7) is 3.26. The van der Waals surface area contributed by atoms with Crippen molar-refractivity contribution in [3.63, 3.8) is 0 Å². The van der Waals surface area contributed by atoms with E-state index in [-0.39, 0.29) is 23.2 Å². The maximum atomic E-state index is 12.7. The molecule has 1 heterocycles. The minimum absolute atomic E-state index is 0.0609. The first-order valence-electron chi connectivity index (χ1n) is 8.50. The third-order valence-electron chi connectivity index (χ3n) is 4.09. The van der Waals surface area contributed by atoms with Gasteiger partial charge in [0.2, 0.25) is 27.6 Å². The molecule has 0 atom stereocenters. The van der Waals surface area contributed by atoms with Crippen molar-refractivity contribution in [1.29, 1.82) is 0 Å². The Labute approximate surface area is 163 Å². The number of rotatable bonds is 6. The maximum Gasteiger partial charge on any atom is 0.243 e. The first kappa shape index (κ1) is 19.7. The van der Waals surface area contributed by atoms with Crippen LogP contribution in [0.25, 0.3) is 11.4 Å². The Balaban J connectivity index is 1.76. The molecule has 0 bridgehead atoms. The molecule has 0 saturated heterocycles. The van der Waals surface area contributed by atoms with Crippen molar-refractivity contribution >= 4 is 21.6 Å². The second-order valence-corrected chi connectivity index (χ2v) is 8.34. The summed E-state index contributed by atoms with van der Waals surface area (Å²) in [5.41, 5.74) is 2.35. The van der Waals surface area contributed by atoms with Crippen molar-refractivity contribution in [2.45, 2.75) is 25.3 Å². The van der Waals surface area contributed by atoms with Crippen LogP contribution in [-0.2, 0) is 21.4 Å². The summed E-state index contributed by atoms with van der Waals surface area (Å²) in [6, 6.07) is 13.5. The van der Waals surface area contributed by atoms with Gasteiger partial charge in [-0.15, -0.1) is 0 Å². The van der Waals surface area contributed by atoms with Gasteiger partial charge in [-0.2, -0.15) is 9.29 Å². The van der Waals surface area contributed by atoms with E-state index in [1.807, 2.05) is 31.2 Å². The monoisotopic (exact) mass is 400 g/mol. The van der Waals surface area contributed by atoms with Gasteiger partial charge in [-0.3, -0.25) is 4.79 Å². The molecule has 0 radical (unpaired) electrons. The van der Waals surface area contributed by atoms with E-state index in [2.05, 4.69) is 15.5 Å². The average Bonchev–Trinajstić information content (AvgIpc) is 3.10. The fraction of sp³-hybridized carbons (Fsp3) is 0.211. The van der Waals surface area contributed by atoms with Gasteiger partial charge in [-0.25, -0.2) is 8.42 Å². The van der Waals surface area contributed by atoms with Crippen LogP contribution in [0.15, 0.2) is 57.9 Å². The standard InChI is InChI=1S/C19H20N4O4S/c1-13-6-4-5-7-17(13)19-21-18(27-22-19)12-23(3)28(25,26)16-10-8-15(9-11-16)20-14(2)24/h4-11H,12H2,1-3H3,(H,20,24). The topological polar surface area (TPSA) is 105 Å². The van der Waals surface area contributed by atoms with E-state index in [1.165, 1.54) is 38.2 Å². The molecule has 0 aliphatic rings. The van der Waals surface area contributed by atoms with E-state index in [0.717, 1.165) is 15.4 Å². The lowest BCUT2D eigenvalue weighted by Crippen LogP contribution is -2.26. The summed E-state index contributed by atoms with van der Waals surface area (Å²) in [5.74, 6) is 0.381. The Kier molecular flexibility index (Phi) is 5.57. The lowest BCUT2D eigenvalue weighted by atomic mass is 10.1. The fourth-order valence-corrected chi connectivity index (χ4v) is 3.74. The predicted molar refractivity (Wildman–Crippen MR) is 104 cm³/mol. The van der Waals surface area contributed by atoms with E-state index in [0.29, 0.717) is 11.5 Å². The van der Waals surface area contributed by atoms with E-state index in [1.54, 1.807) is 0 Å². The van der Waals surface area contributed by atoms with Crippen molar-refractivity contribution in [2.75, 3.05) is 12.4 Å². The Bertz CT molecular complexity index is 1090. The molecular formula is C19H20N4O4S. The summed E-state index contributed by atoms with van der Waals surface area (Å²) in [4.78, 5) is 15.5. The molecule has 1 aromatic heterocycles. The molecule has 2 aromatic carbocycles. The Morgan fingerprint density at radius 2 is 1.82 bits per heavy atom. The van der Waals surface area contributed by atoms with Crippen LogP contribution in [0.4, 0.5) is 5.69 Å². The average molecular weight is 400 g/mol. The lowest BCUT2D eigenvalue weighted by Gasteiger charge is -2.15. The molecule has 28 heavy (non-hydrogen) atoms. The van der Waals surface area contributed by atoms with Gasteiger partial charge in [-0.1, -0.05) is 29.4 Å². The van der Waals surface area contributed by atoms with Crippen molar-refractivity contribution in [2.24, 2.45) is 0 Å². The second kappa shape index (κ2) is 7.91. The third kappa shape index (κ3) is 4.26. The van der Waals surface area contributed by atoms with E-state index in [4.69, 9.17) is 4.52 Å². The zero-order valence-corrected chi connectivity index (χ0v) is 16.5. The van der Waals surface area contributed by atoms with Crippen LogP contribution in [0.1, 0.15) is 18.4 Å². The molecule has 0 spiro atoms. The largest absolute Gasteiger partial charge is 0.338 e. The zero-order valence-electron chi connectivity index (χ0n) is 15.7. The molecule has 0 fully saturated rings. The molecule has 0 aliphatic heterocycles. The smallest absolute Gasteiger partial charge is 0.243 e. The Morgan fingerprint density at radius 3 is 2.46 bits per heavy atom. The Hall–Kier alpha value is -3.04. The fourth-order valence-electron chi connectivity index (χ4n) is 2.62. The molecule has 3 rings (SSSR count). The normalized spacial score (nSPS) is 11.6. The number of anilines is 1. The highest BCUT2D eigenvalue weighted by Crippen LogP contribution is 2.22. The number of hydrogen-bond acceptors (Lipinski definition) is 6. The first-order chi connectivity index (χ1) is 13.3. The molecule has 1 N–H and O–H groups in total. The SMILES string of the molecule is CC(=O)Nc1ccc(S(=O)(=O)N(C)Cc2nc(-c3ccccc3C)no2)cc1. The summed E-state index contributed by atoms with van der Waals surface area (Å²) in [5, 5.41) is 6.54. The number of hydrogen-bond donors (Lipinski definition) is 1. The van der Waals surface area contributed by atoms with Crippen LogP contribution in [0.5, 0.6) is 0 Å². The lowest BCUT2D eigenvalue weighted by molar-refractivity contribution is -0.114. The zero-order chi connectivity index (χ0) is 20.3. The van der Waals surface area contributed by atoms with E-state index >= 15 is 0 Å². The van der Waals surface area contributed by atoms with Gasteiger partial charge < -0.3 is 9.84 Å². The highest BCUT2D eigenvalue weighted by Gasteiger charge is 2.23. The number of aryl methyl sites for hydroxylation is 1. The highest BCUT2D eigenvalue weighted by molar-refractivity contribution is 7.89. The van der Waals surface area contributed by atoms with Gasteiger partial charge in [-0.05, 0) is 36.8 Å². The number of carbonyl (C=O) groups excluding carboxylic acids is 1. The molecule has 0 unspecified atom stereocenters. The molecular weight excluding hydrogens is 380 g/mol. The number of carbonyl (C=O) groups is 1. The summed E-state index contributed by atoms with van der Waals surface area (Å²) < 4.78 is 31.9. The minimum atomic E-state index is -3.75. The van der Waals surface area contributed by atoms with Crippen molar-refractivity contribution in [3.05, 3.63) is 60.0 Å². The van der Waals surface area contributed by atoms with Gasteiger partial charge in [0.1, 0.15) is 0 Å². The number of nitrogens with zero attached hydrogens (tertiary/aromatic N) is 3. The maximum absolute atomic E-state index is 12.7. The van der Waals surface area contributed by atoms with Crippen molar-refractivity contribution in [1.82, 2.24) is 14.4 Å². The quantitative estimate of drug-likeness (QED) is 0.682. The van der Waals surface area contributed by atoms with Gasteiger partial charge in [0.15, 0.2) is 0 Å². The summed E-state index contributed by atoms with van der Waals surface area (Å²) in [6.07, 6.45) is 0.